The first-order valence-corrected chi connectivity index (χ1v) is 4.69. The van der Waals surface area contributed by atoms with Gasteiger partial charge in [-0.25, -0.2) is 4.79 Å². The number of rotatable bonds is 4. The molecule has 17 heavy (non-hydrogen) atoms. The molecule has 7 heteroatoms. The smallest absolute Gasteiger partial charge is 0.333 e. The van der Waals surface area contributed by atoms with Gasteiger partial charge in [0.25, 0.3) is 0 Å². The fourth-order valence-electron chi connectivity index (χ4n) is 1.35. The standard InChI is InChI=1S/C10H10FNO5/c1-5(9(13)10(14)15)6-2-3-8(12(16)17)7(11)4-6/h2-5,9,13H,1H3,(H,14,15). The van der Waals surface area contributed by atoms with Gasteiger partial charge >= 0.3 is 11.7 Å². The summed E-state index contributed by atoms with van der Waals surface area (Å²) in [5.41, 5.74) is -0.506. The van der Waals surface area contributed by atoms with Gasteiger partial charge in [-0.1, -0.05) is 13.0 Å². The molecular formula is C10H10FNO5. The van der Waals surface area contributed by atoms with Crippen LogP contribution in [0.2, 0.25) is 0 Å². The molecule has 0 amide bonds. The van der Waals surface area contributed by atoms with Crippen LogP contribution in [0.25, 0.3) is 0 Å². The molecule has 0 aromatic heterocycles. The molecule has 0 aliphatic heterocycles. The molecule has 2 unspecified atom stereocenters. The third-order valence-electron chi connectivity index (χ3n) is 2.42. The number of aliphatic carboxylic acids is 1. The molecule has 0 heterocycles. The summed E-state index contributed by atoms with van der Waals surface area (Å²) < 4.78 is 13.3. The van der Waals surface area contributed by atoms with E-state index in [0.717, 1.165) is 12.1 Å². The zero-order chi connectivity index (χ0) is 13.2. The first-order chi connectivity index (χ1) is 7.84. The van der Waals surface area contributed by atoms with E-state index in [-0.39, 0.29) is 5.56 Å². The minimum absolute atomic E-state index is 0.183. The molecule has 0 saturated carbocycles. The highest BCUT2D eigenvalue weighted by Gasteiger charge is 2.25. The third-order valence-corrected chi connectivity index (χ3v) is 2.42. The van der Waals surface area contributed by atoms with Gasteiger partial charge in [0.1, 0.15) is 0 Å². The summed E-state index contributed by atoms with van der Waals surface area (Å²) in [5, 5.41) is 28.2. The number of nitro groups is 1. The van der Waals surface area contributed by atoms with E-state index in [1.54, 1.807) is 0 Å². The van der Waals surface area contributed by atoms with Crippen molar-refractivity contribution in [1.29, 1.82) is 0 Å². The Morgan fingerprint density at radius 3 is 2.53 bits per heavy atom. The molecule has 1 aromatic rings. The normalized spacial score (nSPS) is 14.1. The monoisotopic (exact) mass is 243 g/mol. The first-order valence-electron chi connectivity index (χ1n) is 4.69. The third kappa shape index (κ3) is 2.76. The van der Waals surface area contributed by atoms with Crippen molar-refractivity contribution in [3.63, 3.8) is 0 Å². The molecule has 0 spiro atoms. The minimum atomic E-state index is -1.68. The number of hydrogen-bond donors (Lipinski definition) is 2. The highest BCUT2D eigenvalue weighted by molar-refractivity contribution is 5.73. The van der Waals surface area contributed by atoms with Crippen LogP contribution in [0, 0.1) is 15.9 Å². The van der Waals surface area contributed by atoms with Gasteiger partial charge in [0.15, 0.2) is 6.10 Å². The van der Waals surface area contributed by atoms with Gasteiger partial charge in [0.05, 0.1) is 4.92 Å². The van der Waals surface area contributed by atoms with Gasteiger partial charge < -0.3 is 10.2 Å². The van der Waals surface area contributed by atoms with Crippen molar-refractivity contribution in [2.24, 2.45) is 0 Å². The lowest BCUT2D eigenvalue weighted by Crippen LogP contribution is -2.25. The van der Waals surface area contributed by atoms with E-state index in [1.807, 2.05) is 0 Å². The van der Waals surface area contributed by atoms with Gasteiger partial charge in [-0.2, -0.15) is 4.39 Å². The lowest BCUT2D eigenvalue weighted by atomic mass is 9.95. The molecule has 0 aliphatic rings. The van der Waals surface area contributed by atoms with E-state index in [0.29, 0.717) is 0 Å². The van der Waals surface area contributed by atoms with E-state index in [9.17, 15) is 24.4 Å². The molecule has 0 aliphatic carbocycles. The number of benzene rings is 1. The Morgan fingerprint density at radius 2 is 2.12 bits per heavy atom. The Kier molecular flexibility index (Phi) is 3.74. The lowest BCUT2D eigenvalue weighted by Gasteiger charge is -2.15. The zero-order valence-electron chi connectivity index (χ0n) is 8.83. The van der Waals surface area contributed by atoms with Crippen LogP contribution in [0.5, 0.6) is 0 Å². The molecule has 0 saturated heterocycles. The summed E-state index contributed by atoms with van der Waals surface area (Å²) in [5.74, 6) is -3.35. The topological polar surface area (TPSA) is 101 Å². The Hall–Kier alpha value is -2.02. The Morgan fingerprint density at radius 1 is 1.53 bits per heavy atom. The number of carbonyl (C=O) groups is 1. The number of halogens is 1. The van der Waals surface area contributed by atoms with Crippen molar-refractivity contribution in [2.45, 2.75) is 18.9 Å². The van der Waals surface area contributed by atoms with Crippen LogP contribution in [0.1, 0.15) is 18.4 Å². The average Bonchev–Trinajstić information content (AvgIpc) is 2.26. The summed E-state index contributed by atoms with van der Waals surface area (Å²) in [4.78, 5) is 20.0. The minimum Gasteiger partial charge on any atom is -0.479 e. The fourth-order valence-corrected chi connectivity index (χ4v) is 1.35. The molecule has 92 valence electrons. The molecular weight excluding hydrogens is 233 g/mol. The van der Waals surface area contributed by atoms with E-state index in [2.05, 4.69) is 0 Å². The molecule has 6 nitrogen and oxygen atoms in total. The van der Waals surface area contributed by atoms with Gasteiger partial charge in [-0.15, -0.1) is 0 Å². The van der Waals surface area contributed by atoms with Crippen LogP contribution in [0.3, 0.4) is 0 Å². The SMILES string of the molecule is CC(c1ccc([N+](=O)[O-])c(F)c1)C(O)C(=O)O. The Labute approximate surface area is 95.5 Å². The van der Waals surface area contributed by atoms with Crippen molar-refractivity contribution in [3.8, 4) is 0 Å². The van der Waals surface area contributed by atoms with Crippen LogP contribution in [0.4, 0.5) is 10.1 Å². The van der Waals surface area contributed by atoms with Crippen LogP contribution in [0.15, 0.2) is 18.2 Å². The molecule has 1 aromatic carbocycles. The largest absolute Gasteiger partial charge is 0.479 e. The number of nitro benzene ring substituents is 1. The number of carboxylic acid groups (broad SMARTS) is 1. The second-order valence-electron chi connectivity index (χ2n) is 3.54. The summed E-state index contributed by atoms with van der Waals surface area (Å²) in [7, 11) is 0. The molecule has 1 rings (SSSR count). The van der Waals surface area contributed by atoms with E-state index in [1.165, 1.54) is 13.0 Å². The summed E-state index contributed by atoms with van der Waals surface area (Å²) in [6.45, 7) is 1.39. The number of aliphatic hydroxyl groups excluding tert-OH is 1. The predicted octanol–water partition coefficient (Wildman–Crippen LogP) is 1.28. The van der Waals surface area contributed by atoms with Crippen LogP contribution in [-0.2, 0) is 4.79 Å². The predicted molar refractivity (Wildman–Crippen MR) is 55.1 cm³/mol. The Balaban J connectivity index is 3.05. The Bertz CT molecular complexity index is 462. The molecule has 0 radical (unpaired) electrons. The van der Waals surface area contributed by atoms with Crippen LogP contribution >= 0.6 is 0 Å². The van der Waals surface area contributed by atoms with Gasteiger partial charge in [-0.05, 0) is 11.6 Å². The maximum Gasteiger partial charge on any atom is 0.333 e. The highest BCUT2D eigenvalue weighted by Crippen LogP contribution is 2.25. The number of nitrogens with zero attached hydrogens (tertiary/aromatic N) is 1. The van der Waals surface area contributed by atoms with Crippen LogP contribution in [-0.4, -0.2) is 27.2 Å². The quantitative estimate of drug-likeness (QED) is 0.612. The summed E-state index contributed by atoms with van der Waals surface area (Å²) in [6, 6.07) is 3.02. The van der Waals surface area contributed by atoms with Crippen LogP contribution < -0.4 is 0 Å². The second-order valence-corrected chi connectivity index (χ2v) is 3.54. The molecule has 2 atom stereocenters. The van der Waals surface area contributed by atoms with E-state index < -0.39 is 34.4 Å². The molecule has 2 N–H and O–H groups in total. The maximum atomic E-state index is 13.3. The number of hydrogen-bond acceptors (Lipinski definition) is 4. The van der Waals surface area contributed by atoms with Gasteiger partial charge in [0.2, 0.25) is 5.82 Å². The second kappa shape index (κ2) is 4.88. The maximum absolute atomic E-state index is 13.3. The zero-order valence-corrected chi connectivity index (χ0v) is 8.83. The molecule has 0 fully saturated rings. The average molecular weight is 243 g/mol. The van der Waals surface area contributed by atoms with E-state index >= 15 is 0 Å². The van der Waals surface area contributed by atoms with E-state index in [4.69, 9.17) is 5.11 Å². The van der Waals surface area contributed by atoms with Crippen molar-refractivity contribution >= 4 is 11.7 Å². The molecule has 0 bridgehead atoms. The number of carboxylic acids is 1. The van der Waals surface area contributed by atoms with Crippen molar-refractivity contribution in [3.05, 3.63) is 39.7 Å². The van der Waals surface area contributed by atoms with Crippen molar-refractivity contribution in [2.75, 3.05) is 0 Å². The van der Waals surface area contributed by atoms with Crippen molar-refractivity contribution in [1.82, 2.24) is 0 Å². The van der Waals surface area contributed by atoms with Gasteiger partial charge in [0, 0.05) is 12.0 Å². The van der Waals surface area contributed by atoms with Crippen molar-refractivity contribution < 1.29 is 24.3 Å². The summed E-state index contributed by atoms with van der Waals surface area (Å²) >= 11 is 0. The highest BCUT2D eigenvalue weighted by atomic mass is 19.1. The lowest BCUT2D eigenvalue weighted by molar-refractivity contribution is -0.387. The summed E-state index contributed by atoms with van der Waals surface area (Å²) in [6.07, 6.45) is -1.68. The van der Waals surface area contributed by atoms with Gasteiger partial charge in [-0.3, -0.25) is 10.1 Å². The fraction of sp³-hybridized carbons (Fsp3) is 0.300. The number of aliphatic hydroxyl groups is 1. The first kappa shape index (κ1) is 13.0.